The summed E-state index contributed by atoms with van der Waals surface area (Å²) in [5.41, 5.74) is 1.68. The molecule has 0 saturated carbocycles. The molecule has 3 aromatic rings. The zero-order valence-corrected chi connectivity index (χ0v) is 10.4. The normalized spacial score (nSPS) is 10.8. The molecule has 2 heterocycles. The molecule has 0 aliphatic rings. The van der Waals surface area contributed by atoms with Crippen molar-refractivity contribution in [2.24, 2.45) is 0 Å². The summed E-state index contributed by atoms with van der Waals surface area (Å²) in [6, 6.07) is 7.55. The van der Waals surface area contributed by atoms with Gasteiger partial charge in [0.1, 0.15) is 12.2 Å². The van der Waals surface area contributed by atoms with Gasteiger partial charge < -0.3 is 9.88 Å². The van der Waals surface area contributed by atoms with E-state index >= 15 is 0 Å². The topological polar surface area (TPSA) is 77.7 Å². The molecule has 1 aromatic carbocycles. The standard InChI is InChI=1S/C13H13N5O/c1-18(7-12-15-8-16-17-12)13(19)10-2-3-11-9(6-10)4-5-14-11/h2-6,8,14H,7H2,1H3,(H,15,16,17). The van der Waals surface area contributed by atoms with E-state index in [9.17, 15) is 4.79 Å². The van der Waals surface area contributed by atoms with Crippen LogP contribution in [0.5, 0.6) is 0 Å². The molecule has 0 unspecified atom stereocenters. The molecule has 2 aromatic heterocycles. The Labute approximate surface area is 109 Å². The monoisotopic (exact) mass is 255 g/mol. The van der Waals surface area contributed by atoms with Gasteiger partial charge in [0.05, 0.1) is 6.54 Å². The fourth-order valence-corrected chi connectivity index (χ4v) is 2.01. The second kappa shape index (κ2) is 4.56. The van der Waals surface area contributed by atoms with Crippen molar-refractivity contribution in [2.45, 2.75) is 6.54 Å². The van der Waals surface area contributed by atoms with Crippen molar-refractivity contribution in [3.8, 4) is 0 Å². The van der Waals surface area contributed by atoms with Crippen LogP contribution in [0.3, 0.4) is 0 Å². The number of benzene rings is 1. The highest BCUT2D eigenvalue weighted by Gasteiger charge is 2.13. The first kappa shape index (κ1) is 11.5. The average Bonchev–Trinajstić information content (AvgIpc) is 3.07. The Kier molecular flexibility index (Phi) is 2.75. The summed E-state index contributed by atoms with van der Waals surface area (Å²) in [6.45, 7) is 0.407. The second-order valence-electron chi connectivity index (χ2n) is 4.37. The Bertz CT molecular complexity index is 701. The number of hydrogen-bond donors (Lipinski definition) is 2. The number of rotatable bonds is 3. The second-order valence-corrected chi connectivity index (χ2v) is 4.37. The third-order valence-corrected chi connectivity index (χ3v) is 3.00. The highest BCUT2D eigenvalue weighted by Crippen LogP contribution is 2.15. The van der Waals surface area contributed by atoms with E-state index in [2.05, 4.69) is 20.2 Å². The third kappa shape index (κ3) is 2.20. The summed E-state index contributed by atoms with van der Waals surface area (Å²) in [5, 5.41) is 7.53. The van der Waals surface area contributed by atoms with Gasteiger partial charge >= 0.3 is 0 Å². The lowest BCUT2D eigenvalue weighted by Gasteiger charge is -2.15. The SMILES string of the molecule is CN(Cc1ncn[nH]1)C(=O)c1ccc2[nH]ccc2c1. The van der Waals surface area contributed by atoms with E-state index in [0.29, 0.717) is 17.9 Å². The first-order valence-corrected chi connectivity index (χ1v) is 5.91. The summed E-state index contributed by atoms with van der Waals surface area (Å²) in [6.07, 6.45) is 3.29. The van der Waals surface area contributed by atoms with E-state index in [1.807, 2.05) is 30.5 Å². The van der Waals surface area contributed by atoms with Crippen LogP contribution in [0, 0.1) is 0 Å². The van der Waals surface area contributed by atoms with E-state index < -0.39 is 0 Å². The Morgan fingerprint density at radius 1 is 1.37 bits per heavy atom. The fraction of sp³-hybridized carbons (Fsp3) is 0.154. The van der Waals surface area contributed by atoms with Gasteiger partial charge in [-0.3, -0.25) is 9.89 Å². The lowest BCUT2D eigenvalue weighted by Crippen LogP contribution is -2.26. The average molecular weight is 255 g/mol. The van der Waals surface area contributed by atoms with Crippen LogP contribution in [0.2, 0.25) is 0 Å². The molecular formula is C13H13N5O. The van der Waals surface area contributed by atoms with Gasteiger partial charge in [-0.1, -0.05) is 0 Å². The highest BCUT2D eigenvalue weighted by molar-refractivity contribution is 5.97. The van der Waals surface area contributed by atoms with Gasteiger partial charge in [-0.25, -0.2) is 4.98 Å². The molecule has 6 nitrogen and oxygen atoms in total. The minimum Gasteiger partial charge on any atom is -0.361 e. The van der Waals surface area contributed by atoms with Crippen molar-refractivity contribution < 1.29 is 4.79 Å². The lowest BCUT2D eigenvalue weighted by molar-refractivity contribution is 0.0782. The van der Waals surface area contributed by atoms with Crippen LogP contribution in [0.1, 0.15) is 16.2 Å². The number of carbonyl (C=O) groups is 1. The first-order valence-electron chi connectivity index (χ1n) is 5.91. The maximum atomic E-state index is 12.3. The molecule has 0 bridgehead atoms. The third-order valence-electron chi connectivity index (χ3n) is 3.00. The summed E-state index contributed by atoms with van der Waals surface area (Å²) in [7, 11) is 1.74. The number of nitrogens with one attached hydrogen (secondary N) is 2. The molecule has 0 spiro atoms. The van der Waals surface area contributed by atoms with Gasteiger partial charge in [0.15, 0.2) is 0 Å². The molecule has 2 N–H and O–H groups in total. The number of aromatic nitrogens is 4. The molecule has 6 heteroatoms. The van der Waals surface area contributed by atoms with Gasteiger partial charge in [-0.15, -0.1) is 0 Å². The zero-order valence-electron chi connectivity index (χ0n) is 10.4. The molecule has 0 saturated heterocycles. The fourth-order valence-electron chi connectivity index (χ4n) is 2.01. The number of nitrogens with zero attached hydrogens (tertiary/aromatic N) is 3. The van der Waals surface area contributed by atoms with Crippen molar-refractivity contribution in [1.82, 2.24) is 25.1 Å². The Balaban J connectivity index is 1.82. The molecule has 0 fully saturated rings. The summed E-state index contributed by atoms with van der Waals surface area (Å²) in [4.78, 5) is 21.0. The number of aromatic amines is 2. The highest BCUT2D eigenvalue weighted by atomic mass is 16.2. The molecule has 19 heavy (non-hydrogen) atoms. The summed E-state index contributed by atoms with van der Waals surface area (Å²) in [5.74, 6) is 0.623. The maximum Gasteiger partial charge on any atom is 0.254 e. The molecule has 0 aliphatic heterocycles. The maximum absolute atomic E-state index is 12.3. The van der Waals surface area contributed by atoms with Gasteiger partial charge in [-0.05, 0) is 24.3 Å². The van der Waals surface area contributed by atoms with Crippen LogP contribution in [0.15, 0.2) is 36.8 Å². The molecule has 1 amide bonds. The van der Waals surface area contributed by atoms with E-state index in [1.54, 1.807) is 11.9 Å². The van der Waals surface area contributed by atoms with Gasteiger partial charge in [0.25, 0.3) is 5.91 Å². The number of H-pyrrole nitrogens is 2. The quantitative estimate of drug-likeness (QED) is 0.745. The van der Waals surface area contributed by atoms with Crippen LogP contribution in [-0.2, 0) is 6.54 Å². The predicted octanol–water partition coefficient (Wildman–Crippen LogP) is 1.56. The van der Waals surface area contributed by atoms with Crippen LogP contribution in [0.25, 0.3) is 10.9 Å². The van der Waals surface area contributed by atoms with Crippen molar-refractivity contribution >= 4 is 16.8 Å². The lowest BCUT2D eigenvalue weighted by atomic mass is 10.1. The van der Waals surface area contributed by atoms with Crippen LogP contribution in [0.4, 0.5) is 0 Å². The smallest absolute Gasteiger partial charge is 0.254 e. The van der Waals surface area contributed by atoms with Crippen LogP contribution in [-0.4, -0.2) is 38.0 Å². The minimum absolute atomic E-state index is 0.0421. The zero-order chi connectivity index (χ0) is 13.2. The van der Waals surface area contributed by atoms with E-state index in [0.717, 1.165) is 10.9 Å². The van der Waals surface area contributed by atoms with Gasteiger partial charge in [-0.2, -0.15) is 5.10 Å². The van der Waals surface area contributed by atoms with E-state index in [1.165, 1.54) is 6.33 Å². The van der Waals surface area contributed by atoms with Gasteiger partial charge in [0.2, 0.25) is 0 Å². The van der Waals surface area contributed by atoms with Crippen molar-refractivity contribution in [3.63, 3.8) is 0 Å². The number of carbonyl (C=O) groups excluding carboxylic acids is 1. The molecule has 96 valence electrons. The summed E-state index contributed by atoms with van der Waals surface area (Å²) >= 11 is 0. The Morgan fingerprint density at radius 3 is 3.05 bits per heavy atom. The largest absolute Gasteiger partial charge is 0.361 e. The molecule has 3 rings (SSSR count). The number of amides is 1. The molecular weight excluding hydrogens is 242 g/mol. The first-order chi connectivity index (χ1) is 9.24. The predicted molar refractivity (Wildman–Crippen MR) is 70.5 cm³/mol. The van der Waals surface area contributed by atoms with Gasteiger partial charge in [0, 0.05) is 29.7 Å². The van der Waals surface area contributed by atoms with Crippen molar-refractivity contribution in [1.29, 1.82) is 0 Å². The number of hydrogen-bond acceptors (Lipinski definition) is 3. The Hall–Kier alpha value is -2.63. The van der Waals surface area contributed by atoms with Crippen molar-refractivity contribution in [2.75, 3.05) is 7.05 Å². The van der Waals surface area contributed by atoms with Crippen LogP contribution >= 0.6 is 0 Å². The summed E-state index contributed by atoms with van der Waals surface area (Å²) < 4.78 is 0. The molecule has 0 atom stereocenters. The van der Waals surface area contributed by atoms with E-state index in [-0.39, 0.29) is 5.91 Å². The van der Waals surface area contributed by atoms with Crippen molar-refractivity contribution in [3.05, 3.63) is 48.2 Å². The molecule has 0 radical (unpaired) electrons. The number of fused-ring (bicyclic) bond motifs is 1. The van der Waals surface area contributed by atoms with Crippen LogP contribution < -0.4 is 0 Å². The minimum atomic E-state index is -0.0421. The molecule has 0 aliphatic carbocycles. The Morgan fingerprint density at radius 2 is 2.26 bits per heavy atom. The van der Waals surface area contributed by atoms with E-state index in [4.69, 9.17) is 0 Å².